The molecule has 1 unspecified atom stereocenters. The van der Waals surface area contributed by atoms with Crippen molar-refractivity contribution in [2.24, 2.45) is 5.73 Å². The van der Waals surface area contributed by atoms with Gasteiger partial charge in [0.15, 0.2) is 0 Å². The Morgan fingerprint density at radius 3 is 2.30 bits per heavy atom. The van der Waals surface area contributed by atoms with Gasteiger partial charge in [-0.05, 0) is 68.6 Å². The molecule has 0 heterocycles. The predicted octanol–water partition coefficient (Wildman–Crippen LogP) is 4.16. The van der Waals surface area contributed by atoms with Crippen LogP contribution in [0.3, 0.4) is 0 Å². The van der Waals surface area contributed by atoms with Crippen LogP contribution in [0.1, 0.15) is 17.2 Å². The standard InChI is InChI=1S/C15H14Br2N2O/c1-9-2-5-11(6-3-9)19-14(15(18)20)10-4-7-12(16)13(17)8-10/h2-8,14,19H,1H3,(H2,18,20). The van der Waals surface area contributed by atoms with E-state index in [2.05, 4.69) is 37.2 Å². The van der Waals surface area contributed by atoms with Crippen LogP contribution >= 0.6 is 31.9 Å². The van der Waals surface area contributed by atoms with Gasteiger partial charge in [0.2, 0.25) is 5.91 Å². The highest BCUT2D eigenvalue weighted by Gasteiger charge is 2.18. The summed E-state index contributed by atoms with van der Waals surface area (Å²) in [4.78, 5) is 11.7. The minimum atomic E-state index is -0.567. The highest BCUT2D eigenvalue weighted by molar-refractivity contribution is 9.13. The molecule has 0 bridgehead atoms. The van der Waals surface area contributed by atoms with Gasteiger partial charge in [-0.3, -0.25) is 4.79 Å². The number of rotatable bonds is 4. The maximum Gasteiger partial charge on any atom is 0.244 e. The first kappa shape index (κ1) is 15.1. The van der Waals surface area contributed by atoms with Crippen molar-refractivity contribution in [2.45, 2.75) is 13.0 Å². The van der Waals surface area contributed by atoms with Crippen LogP contribution in [0.15, 0.2) is 51.4 Å². The zero-order valence-corrected chi connectivity index (χ0v) is 14.0. The van der Waals surface area contributed by atoms with E-state index in [1.54, 1.807) is 0 Å². The van der Waals surface area contributed by atoms with Gasteiger partial charge in [0.25, 0.3) is 0 Å². The Morgan fingerprint density at radius 1 is 1.10 bits per heavy atom. The Labute approximate surface area is 134 Å². The van der Waals surface area contributed by atoms with Gasteiger partial charge in [0, 0.05) is 14.6 Å². The van der Waals surface area contributed by atoms with Gasteiger partial charge >= 0.3 is 0 Å². The number of hydrogen-bond donors (Lipinski definition) is 2. The lowest BCUT2D eigenvalue weighted by atomic mass is 10.1. The van der Waals surface area contributed by atoms with Crippen molar-refractivity contribution >= 4 is 43.5 Å². The van der Waals surface area contributed by atoms with Crippen LogP contribution in [0.4, 0.5) is 5.69 Å². The molecule has 0 aromatic heterocycles. The largest absolute Gasteiger partial charge is 0.370 e. The van der Waals surface area contributed by atoms with Crippen LogP contribution in [-0.4, -0.2) is 5.91 Å². The van der Waals surface area contributed by atoms with Crippen LogP contribution in [0.25, 0.3) is 0 Å². The summed E-state index contributed by atoms with van der Waals surface area (Å²) in [5, 5.41) is 3.16. The second-order valence-corrected chi connectivity index (χ2v) is 6.23. The van der Waals surface area contributed by atoms with E-state index in [4.69, 9.17) is 5.73 Å². The second kappa shape index (κ2) is 6.41. The topological polar surface area (TPSA) is 55.1 Å². The smallest absolute Gasteiger partial charge is 0.244 e. The highest BCUT2D eigenvalue weighted by Crippen LogP contribution is 2.28. The fourth-order valence-corrected chi connectivity index (χ4v) is 2.47. The van der Waals surface area contributed by atoms with E-state index in [1.807, 2.05) is 49.4 Å². The SMILES string of the molecule is Cc1ccc(NC(C(N)=O)c2ccc(Br)c(Br)c2)cc1. The number of anilines is 1. The van der Waals surface area contributed by atoms with Gasteiger partial charge in [-0.25, -0.2) is 0 Å². The molecule has 20 heavy (non-hydrogen) atoms. The molecule has 2 aromatic carbocycles. The van der Waals surface area contributed by atoms with Gasteiger partial charge < -0.3 is 11.1 Å². The molecule has 0 aliphatic rings. The lowest BCUT2D eigenvalue weighted by Gasteiger charge is -2.18. The predicted molar refractivity (Wildman–Crippen MR) is 88.6 cm³/mol. The van der Waals surface area contributed by atoms with Crippen molar-refractivity contribution in [1.29, 1.82) is 0 Å². The molecule has 0 fully saturated rings. The molecular weight excluding hydrogens is 384 g/mol. The summed E-state index contributed by atoms with van der Waals surface area (Å²) in [6, 6.07) is 12.9. The zero-order chi connectivity index (χ0) is 14.7. The van der Waals surface area contributed by atoms with Crippen LogP contribution in [0.2, 0.25) is 0 Å². The maximum atomic E-state index is 11.7. The molecule has 0 aliphatic heterocycles. The maximum absolute atomic E-state index is 11.7. The third-order valence-corrected chi connectivity index (χ3v) is 4.80. The molecule has 5 heteroatoms. The molecular formula is C15H14Br2N2O. The van der Waals surface area contributed by atoms with E-state index in [0.717, 1.165) is 25.8 Å². The number of primary amides is 1. The number of halogens is 2. The summed E-state index contributed by atoms with van der Waals surface area (Å²) >= 11 is 6.84. The molecule has 1 amide bonds. The van der Waals surface area contributed by atoms with Crippen molar-refractivity contribution in [3.8, 4) is 0 Å². The van der Waals surface area contributed by atoms with E-state index in [9.17, 15) is 4.79 Å². The lowest BCUT2D eigenvalue weighted by molar-refractivity contribution is -0.118. The van der Waals surface area contributed by atoms with Crippen LogP contribution in [0.5, 0.6) is 0 Å². The molecule has 2 aromatic rings. The molecule has 104 valence electrons. The third kappa shape index (κ3) is 3.61. The first-order chi connectivity index (χ1) is 9.47. The molecule has 3 nitrogen and oxygen atoms in total. The molecule has 0 radical (unpaired) electrons. The monoisotopic (exact) mass is 396 g/mol. The van der Waals surface area contributed by atoms with Crippen molar-refractivity contribution in [1.82, 2.24) is 0 Å². The van der Waals surface area contributed by atoms with E-state index < -0.39 is 11.9 Å². The third-order valence-electron chi connectivity index (χ3n) is 2.92. The molecule has 0 spiro atoms. The average molecular weight is 398 g/mol. The van der Waals surface area contributed by atoms with Gasteiger partial charge in [-0.15, -0.1) is 0 Å². The van der Waals surface area contributed by atoms with Gasteiger partial charge in [0.1, 0.15) is 6.04 Å². The van der Waals surface area contributed by atoms with Crippen molar-refractivity contribution in [2.75, 3.05) is 5.32 Å². The van der Waals surface area contributed by atoms with Crippen molar-refractivity contribution in [3.63, 3.8) is 0 Å². The number of benzene rings is 2. The van der Waals surface area contributed by atoms with E-state index in [0.29, 0.717) is 0 Å². The summed E-state index contributed by atoms with van der Waals surface area (Å²) < 4.78 is 1.81. The van der Waals surface area contributed by atoms with E-state index in [-0.39, 0.29) is 0 Å². The van der Waals surface area contributed by atoms with Crippen LogP contribution in [0, 0.1) is 6.92 Å². The summed E-state index contributed by atoms with van der Waals surface area (Å²) in [5.74, 6) is -0.417. The Bertz CT molecular complexity index is 626. The summed E-state index contributed by atoms with van der Waals surface area (Å²) in [6.45, 7) is 2.02. The Kier molecular flexibility index (Phi) is 4.83. The fourth-order valence-electron chi connectivity index (χ4n) is 1.83. The number of carbonyl (C=O) groups excluding carboxylic acids is 1. The molecule has 0 saturated carbocycles. The number of hydrogen-bond acceptors (Lipinski definition) is 2. The normalized spacial score (nSPS) is 11.9. The van der Waals surface area contributed by atoms with Crippen LogP contribution < -0.4 is 11.1 Å². The summed E-state index contributed by atoms with van der Waals surface area (Å²) in [5.41, 5.74) is 8.34. The molecule has 3 N–H and O–H groups in total. The lowest BCUT2D eigenvalue weighted by Crippen LogP contribution is -2.27. The minimum Gasteiger partial charge on any atom is -0.370 e. The van der Waals surface area contributed by atoms with Crippen LogP contribution in [-0.2, 0) is 4.79 Å². The number of carbonyl (C=O) groups is 1. The molecule has 0 saturated heterocycles. The molecule has 1 atom stereocenters. The van der Waals surface area contributed by atoms with E-state index in [1.165, 1.54) is 0 Å². The Morgan fingerprint density at radius 2 is 1.75 bits per heavy atom. The second-order valence-electron chi connectivity index (χ2n) is 4.52. The Hall–Kier alpha value is -1.33. The fraction of sp³-hybridized carbons (Fsp3) is 0.133. The van der Waals surface area contributed by atoms with Gasteiger partial charge in [0.05, 0.1) is 0 Å². The van der Waals surface area contributed by atoms with Gasteiger partial charge in [-0.2, -0.15) is 0 Å². The van der Waals surface area contributed by atoms with Crippen molar-refractivity contribution in [3.05, 3.63) is 62.5 Å². The summed E-state index contributed by atoms with van der Waals surface area (Å²) in [7, 11) is 0. The average Bonchev–Trinajstić information content (AvgIpc) is 2.41. The number of nitrogens with two attached hydrogens (primary N) is 1. The summed E-state index contributed by atoms with van der Waals surface area (Å²) in [6.07, 6.45) is 0. The minimum absolute atomic E-state index is 0.417. The number of amides is 1. The number of aryl methyl sites for hydroxylation is 1. The van der Waals surface area contributed by atoms with Gasteiger partial charge in [-0.1, -0.05) is 23.8 Å². The molecule has 2 rings (SSSR count). The first-order valence-corrected chi connectivity index (χ1v) is 7.63. The Balaban J connectivity index is 2.29. The van der Waals surface area contributed by atoms with Crippen molar-refractivity contribution < 1.29 is 4.79 Å². The zero-order valence-electron chi connectivity index (χ0n) is 10.9. The number of nitrogens with one attached hydrogen (secondary N) is 1. The molecule has 0 aliphatic carbocycles. The first-order valence-electron chi connectivity index (χ1n) is 6.05. The quantitative estimate of drug-likeness (QED) is 0.813. The van der Waals surface area contributed by atoms with E-state index >= 15 is 0 Å². The highest BCUT2D eigenvalue weighted by atomic mass is 79.9.